The van der Waals surface area contributed by atoms with Gasteiger partial charge in [0.15, 0.2) is 0 Å². The van der Waals surface area contributed by atoms with Gasteiger partial charge in [0.1, 0.15) is 5.75 Å². The largest absolute Gasteiger partial charge is 0.617 e. The third kappa shape index (κ3) is 10.7. The average molecular weight is 236 g/mol. The molecule has 2 unspecified atom stereocenters. The Morgan fingerprint density at radius 2 is 2.00 bits per heavy atom. The van der Waals surface area contributed by atoms with Crippen molar-refractivity contribution >= 4 is 22.9 Å². The topological polar surface area (TPSA) is 23.1 Å². The molecule has 0 rings (SSSR count). The lowest BCUT2D eigenvalue weighted by Gasteiger charge is -2.11. The fraction of sp³-hybridized carbons (Fsp3) is 1.00. The number of thioether (sulfide) groups is 1. The molecule has 14 heavy (non-hydrogen) atoms. The van der Waals surface area contributed by atoms with E-state index >= 15 is 0 Å². The van der Waals surface area contributed by atoms with Gasteiger partial charge in [-0.25, -0.2) is 0 Å². The smallest absolute Gasteiger partial charge is 0.105 e. The third-order valence-corrected chi connectivity index (χ3v) is 4.39. The minimum atomic E-state index is -0.600. The van der Waals surface area contributed by atoms with Gasteiger partial charge in [-0.1, -0.05) is 37.9 Å². The molecule has 0 spiro atoms. The molecule has 0 heterocycles. The van der Waals surface area contributed by atoms with Crippen molar-refractivity contribution in [1.82, 2.24) is 0 Å². The Bertz CT molecular complexity index is 118. The van der Waals surface area contributed by atoms with Crippen LogP contribution in [0.15, 0.2) is 0 Å². The van der Waals surface area contributed by atoms with Crippen molar-refractivity contribution in [1.29, 1.82) is 0 Å². The van der Waals surface area contributed by atoms with Crippen molar-refractivity contribution in [2.24, 2.45) is 0 Å². The van der Waals surface area contributed by atoms with Crippen LogP contribution in [0.5, 0.6) is 0 Å². The van der Waals surface area contributed by atoms with Gasteiger partial charge in [0.05, 0.1) is 6.26 Å². The molecule has 0 N–H and O–H groups in total. The van der Waals surface area contributed by atoms with Gasteiger partial charge in [0, 0.05) is 5.25 Å². The number of unbranched alkanes of at least 4 members (excludes halogenated alkanes) is 2. The van der Waals surface area contributed by atoms with Crippen molar-refractivity contribution in [3.63, 3.8) is 0 Å². The second-order valence-electron chi connectivity index (χ2n) is 3.81. The molecule has 86 valence electrons. The molecule has 0 radical (unpaired) electrons. The number of hydrogen-bond acceptors (Lipinski definition) is 2. The van der Waals surface area contributed by atoms with Gasteiger partial charge in [-0.05, 0) is 25.0 Å². The van der Waals surface area contributed by atoms with Gasteiger partial charge in [-0.2, -0.15) is 11.8 Å². The first-order valence-electron chi connectivity index (χ1n) is 5.58. The lowest BCUT2D eigenvalue weighted by atomic mass is 10.3. The Morgan fingerprint density at radius 1 is 1.29 bits per heavy atom. The molecule has 0 aliphatic carbocycles. The summed E-state index contributed by atoms with van der Waals surface area (Å²) in [6.45, 7) is 4.53. The molecule has 0 saturated heterocycles. The Hall–Kier alpha value is 0.660. The first-order chi connectivity index (χ1) is 6.66. The van der Waals surface area contributed by atoms with E-state index in [1.54, 1.807) is 6.26 Å². The van der Waals surface area contributed by atoms with Crippen molar-refractivity contribution in [3.05, 3.63) is 0 Å². The molecule has 0 amide bonds. The molecular weight excluding hydrogens is 212 g/mol. The van der Waals surface area contributed by atoms with E-state index in [1.165, 1.54) is 31.4 Å². The second kappa shape index (κ2) is 10.2. The minimum Gasteiger partial charge on any atom is -0.617 e. The van der Waals surface area contributed by atoms with Gasteiger partial charge in [-0.15, -0.1) is 0 Å². The summed E-state index contributed by atoms with van der Waals surface area (Å²) in [6, 6.07) is 0. The molecule has 0 aromatic heterocycles. The van der Waals surface area contributed by atoms with Crippen molar-refractivity contribution < 1.29 is 4.55 Å². The maximum absolute atomic E-state index is 10.8. The average Bonchev–Trinajstić information content (AvgIpc) is 2.12. The fourth-order valence-corrected chi connectivity index (χ4v) is 2.97. The maximum atomic E-state index is 10.8. The first kappa shape index (κ1) is 14.7. The highest BCUT2D eigenvalue weighted by Crippen LogP contribution is 2.17. The number of hydrogen-bond donors (Lipinski definition) is 0. The Kier molecular flexibility index (Phi) is 10.7. The summed E-state index contributed by atoms with van der Waals surface area (Å²) in [5.41, 5.74) is 0. The van der Waals surface area contributed by atoms with Crippen LogP contribution in [-0.2, 0) is 11.2 Å². The molecule has 0 saturated carbocycles. The van der Waals surface area contributed by atoms with E-state index in [9.17, 15) is 4.55 Å². The SMILES string of the molecule is CCCCCSC(C)CCC[S+](C)[O-]. The molecule has 0 aliphatic rings. The van der Waals surface area contributed by atoms with E-state index in [1.807, 2.05) is 0 Å². The van der Waals surface area contributed by atoms with Crippen LogP contribution in [0.25, 0.3) is 0 Å². The van der Waals surface area contributed by atoms with E-state index in [2.05, 4.69) is 25.6 Å². The lowest BCUT2D eigenvalue weighted by molar-refractivity contribution is 0.596. The van der Waals surface area contributed by atoms with E-state index in [0.29, 0.717) is 0 Å². The Balaban J connectivity index is 3.15. The van der Waals surface area contributed by atoms with Gasteiger partial charge in [0.25, 0.3) is 0 Å². The van der Waals surface area contributed by atoms with Gasteiger partial charge in [-0.3, -0.25) is 0 Å². The molecule has 3 heteroatoms. The maximum Gasteiger partial charge on any atom is 0.105 e. The molecule has 0 aliphatic heterocycles. The summed E-state index contributed by atoms with van der Waals surface area (Å²) in [5, 5.41) is 0.746. The van der Waals surface area contributed by atoms with E-state index < -0.39 is 11.2 Å². The van der Waals surface area contributed by atoms with Crippen LogP contribution >= 0.6 is 11.8 Å². The monoisotopic (exact) mass is 236 g/mol. The zero-order valence-electron chi connectivity index (χ0n) is 9.75. The van der Waals surface area contributed by atoms with Crippen molar-refractivity contribution in [2.75, 3.05) is 17.8 Å². The molecule has 0 aromatic rings. The highest BCUT2D eigenvalue weighted by molar-refractivity contribution is 7.99. The Labute approximate surface area is 96.6 Å². The van der Waals surface area contributed by atoms with Crippen LogP contribution < -0.4 is 0 Å². The Morgan fingerprint density at radius 3 is 2.57 bits per heavy atom. The number of rotatable bonds is 9. The van der Waals surface area contributed by atoms with Crippen LogP contribution in [0.1, 0.15) is 46.0 Å². The summed E-state index contributed by atoms with van der Waals surface area (Å²) >= 11 is 1.47. The van der Waals surface area contributed by atoms with E-state index in [-0.39, 0.29) is 0 Å². The molecule has 0 bridgehead atoms. The summed E-state index contributed by atoms with van der Waals surface area (Å²) in [4.78, 5) is 0. The summed E-state index contributed by atoms with van der Waals surface area (Å²) in [6.07, 6.45) is 8.15. The highest BCUT2D eigenvalue weighted by Gasteiger charge is 2.04. The van der Waals surface area contributed by atoms with Crippen LogP contribution in [0.2, 0.25) is 0 Å². The minimum absolute atomic E-state index is 0.600. The van der Waals surface area contributed by atoms with E-state index in [4.69, 9.17) is 0 Å². The molecular formula is C11H24OS2. The molecule has 0 fully saturated rings. The summed E-state index contributed by atoms with van der Waals surface area (Å²) in [7, 11) is 0. The lowest BCUT2D eigenvalue weighted by Crippen LogP contribution is -2.06. The van der Waals surface area contributed by atoms with Gasteiger partial charge < -0.3 is 4.55 Å². The van der Waals surface area contributed by atoms with Crippen LogP contribution in [0, 0.1) is 0 Å². The first-order valence-corrected chi connectivity index (χ1v) is 8.36. The van der Waals surface area contributed by atoms with Crippen molar-refractivity contribution in [3.8, 4) is 0 Å². The second-order valence-corrected chi connectivity index (χ2v) is 6.91. The zero-order chi connectivity index (χ0) is 10.8. The van der Waals surface area contributed by atoms with Gasteiger partial charge >= 0.3 is 0 Å². The predicted molar refractivity (Wildman–Crippen MR) is 69.6 cm³/mol. The normalized spacial score (nSPS) is 15.4. The highest BCUT2D eigenvalue weighted by atomic mass is 32.2. The standard InChI is InChI=1S/C11H24OS2/c1-4-5-6-9-13-11(2)8-7-10-14(3)12/h11H,4-10H2,1-3H3. The quantitative estimate of drug-likeness (QED) is 0.452. The summed E-state index contributed by atoms with van der Waals surface area (Å²) < 4.78 is 10.8. The van der Waals surface area contributed by atoms with E-state index in [0.717, 1.165) is 17.4 Å². The third-order valence-electron chi connectivity index (χ3n) is 2.19. The van der Waals surface area contributed by atoms with Crippen LogP contribution in [-0.4, -0.2) is 27.6 Å². The van der Waals surface area contributed by atoms with Crippen LogP contribution in [0.4, 0.5) is 0 Å². The molecule has 1 nitrogen and oxygen atoms in total. The van der Waals surface area contributed by atoms with Crippen LogP contribution in [0.3, 0.4) is 0 Å². The predicted octanol–water partition coefficient (Wildman–Crippen LogP) is 3.46. The molecule has 2 atom stereocenters. The molecule has 0 aromatic carbocycles. The van der Waals surface area contributed by atoms with Gasteiger partial charge in [0.2, 0.25) is 0 Å². The fourth-order valence-electron chi connectivity index (χ4n) is 1.29. The van der Waals surface area contributed by atoms with Crippen molar-refractivity contribution in [2.45, 2.75) is 51.2 Å². The summed E-state index contributed by atoms with van der Waals surface area (Å²) in [5.74, 6) is 2.17. The zero-order valence-corrected chi connectivity index (χ0v) is 11.4.